The van der Waals surface area contributed by atoms with E-state index < -0.39 is 72.7 Å². The molecule has 4 N–H and O–H groups in total. The van der Waals surface area contributed by atoms with Gasteiger partial charge in [-0.05, 0) is 95.8 Å². The lowest BCUT2D eigenvalue weighted by Gasteiger charge is -2.31. The van der Waals surface area contributed by atoms with Gasteiger partial charge in [-0.1, -0.05) is 25.0 Å². The Hall–Kier alpha value is -3.82. The third-order valence-corrected chi connectivity index (χ3v) is 13.7. The van der Waals surface area contributed by atoms with Gasteiger partial charge in [-0.2, -0.15) is 13.2 Å². The number of nitrogens with zero attached hydrogens (tertiary/aromatic N) is 2. The van der Waals surface area contributed by atoms with Crippen molar-refractivity contribution >= 4 is 43.0 Å². The van der Waals surface area contributed by atoms with Crippen LogP contribution in [0.1, 0.15) is 102 Å². The number of hydrogen-bond donors (Lipinski definition) is 4. The third-order valence-electron chi connectivity index (χ3n) is 11.4. The summed E-state index contributed by atoms with van der Waals surface area (Å²) in [6.07, 6.45) is 4.55. The zero-order valence-electron chi connectivity index (χ0n) is 31.7. The predicted molar refractivity (Wildman–Crippen MR) is 200 cm³/mol. The van der Waals surface area contributed by atoms with Gasteiger partial charge >= 0.3 is 26.0 Å². The summed E-state index contributed by atoms with van der Waals surface area (Å²) in [6, 6.07) is 0.738. The van der Waals surface area contributed by atoms with Crippen molar-refractivity contribution in [1.82, 2.24) is 15.5 Å². The number of rotatable bonds is 8. The topological polar surface area (TPSA) is 176 Å². The molecule has 1 aromatic rings. The summed E-state index contributed by atoms with van der Waals surface area (Å²) >= 11 is 0. The number of piperidine rings is 1. The van der Waals surface area contributed by atoms with E-state index in [4.69, 9.17) is 14.0 Å². The molecule has 0 bridgehead atoms. The third kappa shape index (κ3) is 9.82. The minimum Gasteiger partial charge on any atom is -0.446 e. The lowest BCUT2D eigenvalue weighted by Crippen LogP contribution is -2.55. The largest absolute Gasteiger partial charge is 0.446 e. The van der Waals surface area contributed by atoms with Gasteiger partial charge in [-0.15, -0.1) is 0 Å². The zero-order chi connectivity index (χ0) is 40.1. The Labute approximate surface area is 324 Å². The summed E-state index contributed by atoms with van der Waals surface area (Å²) < 4.78 is 71.4. The first-order valence-corrected chi connectivity index (χ1v) is 21.5. The van der Waals surface area contributed by atoms with Crippen molar-refractivity contribution in [3.8, 4) is 0 Å². The molecule has 3 aliphatic heterocycles. The summed E-state index contributed by atoms with van der Waals surface area (Å²) in [6.45, 7) is 2.37. The van der Waals surface area contributed by atoms with Crippen LogP contribution in [-0.4, -0.2) is 89.6 Å². The van der Waals surface area contributed by atoms with Crippen LogP contribution in [0, 0.1) is 5.92 Å². The maximum Gasteiger partial charge on any atom is 0.416 e. The standard InChI is InChI=1S/C38H53F3N5O9P/c1-2-53-56(51,52)37-23-26(37)13-7-4-3-5-8-16-29(42-35(49)54-27-14-9-10-15-27)34(48)46-24-28(22-32(46)33(47)44-37)55-36(50)43-30-21-25(38(39,40)41)17-18-31(30)45-19-11-6-12-20-45/h7,13,17-18,21,26-29,32H,2-6,8-12,14-16,19-20,22-24H2,1H3,(H,42,49)(H,43,50)(H,44,47)(H,51,52)/t26-,28-,29+,32+,37+/m1/s1. The Balaban J connectivity index is 1.25. The van der Waals surface area contributed by atoms with Gasteiger partial charge in [0.1, 0.15) is 29.6 Å². The van der Waals surface area contributed by atoms with Gasteiger partial charge < -0.3 is 39.3 Å². The molecule has 0 radical (unpaired) electrons. The fourth-order valence-electron chi connectivity index (χ4n) is 8.36. The molecular formula is C38H53F3N5O9P. The van der Waals surface area contributed by atoms with E-state index in [9.17, 15) is 41.8 Å². The summed E-state index contributed by atoms with van der Waals surface area (Å²) in [7, 11) is -4.42. The maximum atomic E-state index is 14.4. The highest BCUT2D eigenvalue weighted by atomic mass is 31.2. The first kappa shape index (κ1) is 41.8. The van der Waals surface area contributed by atoms with E-state index in [1.165, 1.54) is 11.0 Å². The highest BCUT2D eigenvalue weighted by molar-refractivity contribution is 7.55. The molecule has 1 aromatic carbocycles. The molecule has 4 fully saturated rings. The number of allylic oxidation sites excluding steroid dienone is 1. The minimum absolute atomic E-state index is 0.0867. The van der Waals surface area contributed by atoms with Crippen molar-refractivity contribution in [2.24, 2.45) is 5.92 Å². The van der Waals surface area contributed by atoms with Gasteiger partial charge in [0.05, 0.1) is 30.1 Å². The second-order valence-electron chi connectivity index (χ2n) is 15.4. The predicted octanol–water partition coefficient (Wildman–Crippen LogP) is 6.83. The second kappa shape index (κ2) is 17.8. The van der Waals surface area contributed by atoms with Gasteiger partial charge in [0.25, 0.3) is 0 Å². The molecule has 5 aliphatic rings. The number of nitrogens with one attached hydrogen (secondary N) is 3. The van der Waals surface area contributed by atoms with Crippen LogP contribution in [0.3, 0.4) is 0 Å². The first-order valence-electron chi connectivity index (χ1n) is 19.9. The quantitative estimate of drug-likeness (QED) is 0.161. The van der Waals surface area contributed by atoms with Crippen molar-refractivity contribution in [1.29, 1.82) is 0 Å². The van der Waals surface area contributed by atoms with Crippen LogP contribution in [-0.2, 0) is 34.3 Å². The average molecular weight is 812 g/mol. The van der Waals surface area contributed by atoms with Crippen molar-refractivity contribution in [2.75, 3.05) is 36.5 Å². The van der Waals surface area contributed by atoms with E-state index >= 15 is 0 Å². The van der Waals surface area contributed by atoms with Gasteiger partial charge in [0.15, 0.2) is 0 Å². The number of carbonyl (C=O) groups excluding carboxylic acids is 4. The Morgan fingerprint density at radius 1 is 0.982 bits per heavy atom. The minimum atomic E-state index is -4.67. The van der Waals surface area contributed by atoms with E-state index in [0.29, 0.717) is 50.9 Å². The van der Waals surface area contributed by atoms with Gasteiger partial charge in [0.2, 0.25) is 11.8 Å². The Morgan fingerprint density at radius 3 is 2.39 bits per heavy atom. The maximum absolute atomic E-state index is 14.4. The molecule has 2 saturated heterocycles. The highest BCUT2D eigenvalue weighted by Gasteiger charge is 2.67. The van der Waals surface area contributed by atoms with Crippen LogP contribution in [0.2, 0.25) is 0 Å². The van der Waals surface area contributed by atoms with Crippen molar-refractivity contribution in [2.45, 2.75) is 133 Å². The van der Waals surface area contributed by atoms with Crippen LogP contribution >= 0.6 is 7.60 Å². The van der Waals surface area contributed by atoms with Gasteiger partial charge in [-0.25, -0.2) is 9.59 Å². The summed E-state index contributed by atoms with van der Waals surface area (Å²) in [5.74, 6) is -1.91. The molecule has 56 heavy (non-hydrogen) atoms. The number of hydrogen-bond acceptors (Lipinski definition) is 9. The molecule has 6 rings (SSSR count). The monoisotopic (exact) mass is 811 g/mol. The fraction of sp³-hybridized carbons (Fsp3) is 0.684. The van der Waals surface area contributed by atoms with Crippen molar-refractivity contribution < 1.29 is 55.8 Å². The normalized spacial score (nSPS) is 28.9. The number of halogens is 3. The number of alkyl carbamates (subject to hydrolysis) is 1. The smallest absolute Gasteiger partial charge is 0.416 e. The van der Waals surface area contributed by atoms with Crippen molar-refractivity contribution in [3.05, 3.63) is 35.9 Å². The molecular weight excluding hydrogens is 758 g/mol. The van der Waals surface area contributed by atoms with Crippen LogP contribution in [0.15, 0.2) is 30.4 Å². The van der Waals surface area contributed by atoms with Gasteiger partial charge in [-0.3, -0.25) is 19.5 Å². The number of amides is 4. The fourth-order valence-corrected chi connectivity index (χ4v) is 10.1. The summed E-state index contributed by atoms with van der Waals surface area (Å²) in [5, 5.41) is 6.28. The van der Waals surface area contributed by atoms with E-state index in [-0.39, 0.29) is 44.2 Å². The summed E-state index contributed by atoms with van der Waals surface area (Å²) in [4.78, 5) is 69.3. The molecule has 14 nitrogen and oxygen atoms in total. The lowest BCUT2D eigenvalue weighted by molar-refractivity contribution is -0.140. The lowest BCUT2D eigenvalue weighted by atomic mass is 10.0. The number of alkyl halides is 3. The molecule has 310 valence electrons. The zero-order valence-corrected chi connectivity index (χ0v) is 32.6. The van der Waals surface area contributed by atoms with Gasteiger partial charge in [0, 0.05) is 25.4 Å². The molecule has 0 spiro atoms. The summed E-state index contributed by atoms with van der Waals surface area (Å²) in [5.41, 5.74) is -0.645. The van der Waals surface area contributed by atoms with Crippen LogP contribution in [0.4, 0.5) is 34.1 Å². The molecule has 0 aromatic heterocycles. The SMILES string of the molecule is CCOP(=O)(O)[C@@]12C[C@H]1C=CCCCCC[C@H](NC(=O)OC1CCCC1)C(=O)N1C[C@H](OC(=O)Nc3cc(C(F)(F)F)ccc3N3CCCCC3)C[C@H]1C(=O)N2. The molecule has 3 heterocycles. The number of carbonyl (C=O) groups is 4. The van der Waals surface area contributed by atoms with E-state index in [1.807, 2.05) is 11.0 Å². The van der Waals surface area contributed by atoms with Crippen LogP contribution < -0.4 is 20.9 Å². The first-order chi connectivity index (χ1) is 26.7. The molecule has 4 amide bonds. The molecule has 2 aliphatic carbocycles. The number of anilines is 2. The number of fused-ring (bicyclic) bond motifs is 2. The highest BCUT2D eigenvalue weighted by Crippen LogP contribution is 2.70. The van der Waals surface area contributed by atoms with Crippen LogP contribution in [0.5, 0.6) is 0 Å². The molecule has 18 heteroatoms. The molecule has 2 saturated carbocycles. The van der Waals surface area contributed by atoms with E-state index in [2.05, 4.69) is 16.0 Å². The molecule has 6 atom stereocenters. The van der Waals surface area contributed by atoms with Crippen molar-refractivity contribution in [3.63, 3.8) is 0 Å². The average Bonchev–Trinajstić information content (AvgIpc) is 3.42. The number of benzene rings is 1. The molecule has 1 unspecified atom stereocenters. The Morgan fingerprint density at radius 2 is 1.68 bits per heavy atom. The van der Waals surface area contributed by atoms with E-state index in [1.54, 1.807) is 13.0 Å². The Bertz CT molecular complexity index is 1690. The Kier molecular flexibility index (Phi) is 13.3. The number of ether oxygens (including phenoxy) is 2. The van der Waals surface area contributed by atoms with Crippen LogP contribution in [0.25, 0.3) is 0 Å². The van der Waals surface area contributed by atoms with E-state index in [0.717, 1.165) is 50.7 Å². The second-order valence-corrected chi connectivity index (χ2v) is 17.5.